The fraction of sp³-hybridized carbons (Fsp3) is 0.278. The summed E-state index contributed by atoms with van der Waals surface area (Å²) >= 11 is 0. The molecule has 146 valence electrons. The van der Waals surface area contributed by atoms with Gasteiger partial charge in [0.2, 0.25) is 6.10 Å². The van der Waals surface area contributed by atoms with E-state index in [9.17, 15) is 26.4 Å². The van der Waals surface area contributed by atoms with E-state index in [1.165, 1.54) is 12.1 Å². The molecule has 0 spiro atoms. The predicted octanol–water partition coefficient (Wildman–Crippen LogP) is 3.94. The summed E-state index contributed by atoms with van der Waals surface area (Å²) in [6.07, 6.45) is -7.90. The first-order valence-corrected chi connectivity index (χ1v) is 9.27. The molecule has 0 aliphatic rings. The van der Waals surface area contributed by atoms with Gasteiger partial charge in [0.1, 0.15) is 5.75 Å². The molecule has 27 heavy (non-hydrogen) atoms. The third-order valence-corrected chi connectivity index (χ3v) is 5.02. The standard InChI is InChI=1S/C18H17F3O5S/c1-11(2)14-6-4-5-12-9-13(7-8-15(12)14)17(22)26-16(18(19,20)21)10-27(23,24)25-3/h4-9,16H,1,10H2,2-3H3. The van der Waals surface area contributed by atoms with Gasteiger partial charge in [0.25, 0.3) is 10.1 Å². The molecule has 1 unspecified atom stereocenters. The summed E-state index contributed by atoms with van der Waals surface area (Å²) in [5.41, 5.74) is 1.50. The lowest BCUT2D eigenvalue weighted by atomic mass is 9.98. The number of halogens is 3. The summed E-state index contributed by atoms with van der Waals surface area (Å²) in [7, 11) is -3.76. The molecule has 1 atom stereocenters. The number of hydrogen-bond acceptors (Lipinski definition) is 5. The van der Waals surface area contributed by atoms with Crippen molar-refractivity contribution in [3.63, 3.8) is 0 Å². The highest BCUT2D eigenvalue weighted by molar-refractivity contribution is 7.86. The van der Waals surface area contributed by atoms with Crippen molar-refractivity contribution in [1.29, 1.82) is 0 Å². The monoisotopic (exact) mass is 402 g/mol. The van der Waals surface area contributed by atoms with Gasteiger partial charge in [-0.2, -0.15) is 21.6 Å². The normalized spacial score (nSPS) is 13.4. The fourth-order valence-corrected chi connectivity index (χ4v) is 3.19. The summed E-state index contributed by atoms with van der Waals surface area (Å²) in [6, 6.07) is 9.51. The Hall–Kier alpha value is -2.39. The van der Waals surface area contributed by atoms with E-state index < -0.39 is 34.1 Å². The van der Waals surface area contributed by atoms with E-state index in [0.29, 0.717) is 5.39 Å². The largest absolute Gasteiger partial charge is 0.448 e. The number of allylic oxidation sites excluding steroid dienone is 1. The molecule has 0 fully saturated rings. The van der Waals surface area contributed by atoms with Gasteiger partial charge >= 0.3 is 12.1 Å². The van der Waals surface area contributed by atoms with Crippen molar-refractivity contribution in [2.24, 2.45) is 0 Å². The first-order valence-electron chi connectivity index (χ1n) is 7.69. The number of carbonyl (C=O) groups excluding carboxylic acids is 1. The van der Waals surface area contributed by atoms with Crippen molar-refractivity contribution < 1.29 is 35.3 Å². The molecule has 0 aliphatic heterocycles. The average Bonchev–Trinajstić information content (AvgIpc) is 2.59. The van der Waals surface area contributed by atoms with E-state index in [0.717, 1.165) is 23.6 Å². The van der Waals surface area contributed by atoms with Gasteiger partial charge in [-0.05, 0) is 35.4 Å². The van der Waals surface area contributed by atoms with Crippen molar-refractivity contribution >= 4 is 32.4 Å². The highest BCUT2D eigenvalue weighted by Crippen LogP contribution is 2.28. The molecule has 0 heterocycles. The van der Waals surface area contributed by atoms with Crippen LogP contribution < -0.4 is 0 Å². The van der Waals surface area contributed by atoms with Crippen LogP contribution in [0.4, 0.5) is 13.2 Å². The van der Waals surface area contributed by atoms with Crippen LogP contribution in [0.5, 0.6) is 0 Å². The molecule has 0 bridgehead atoms. The van der Waals surface area contributed by atoms with Crippen molar-refractivity contribution in [1.82, 2.24) is 0 Å². The molecule has 0 saturated heterocycles. The van der Waals surface area contributed by atoms with Crippen LogP contribution >= 0.6 is 0 Å². The highest BCUT2D eigenvalue weighted by Gasteiger charge is 2.46. The van der Waals surface area contributed by atoms with Gasteiger partial charge in [0.05, 0.1) is 12.7 Å². The molecule has 0 N–H and O–H groups in total. The van der Waals surface area contributed by atoms with E-state index in [1.807, 2.05) is 6.07 Å². The molecule has 0 radical (unpaired) electrons. The van der Waals surface area contributed by atoms with Crippen LogP contribution in [0.1, 0.15) is 22.8 Å². The van der Waals surface area contributed by atoms with E-state index in [1.54, 1.807) is 25.1 Å². The first-order chi connectivity index (χ1) is 12.4. The molecule has 5 nitrogen and oxygen atoms in total. The lowest BCUT2D eigenvalue weighted by molar-refractivity contribution is -0.197. The van der Waals surface area contributed by atoms with Crippen LogP contribution in [0.2, 0.25) is 0 Å². The first kappa shape index (κ1) is 20.9. The van der Waals surface area contributed by atoms with E-state index in [2.05, 4.69) is 15.5 Å². The molecule has 2 aromatic rings. The minimum atomic E-state index is -5.06. The second-order valence-electron chi connectivity index (χ2n) is 5.85. The number of benzene rings is 2. The maximum Gasteiger partial charge on any atom is 0.426 e. The SMILES string of the molecule is C=C(C)c1cccc2cc(C(=O)OC(CS(=O)(=O)OC)C(F)(F)F)ccc12. The molecule has 2 aromatic carbocycles. The average molecular weight is 402 g/mol. The Morgan fingerprint density at radius 3 is 2.44 bits per heavy atom. The zero-order valence-electron chi connectivity index (χ0n) is 14.5. The fourth-order valence-electron chi connectivity index (χ4n) is 2.43. The summed E-state index contributed by atoms with van der Waals surface area (Å²) in [6.45, 7) is 5.66. The lowest BCUT2D eigenvalue weighted by Crippen LogP contribution is -2.39. The van der Waals surface area contributed by atoms with E-state index in [4.69, 9.17) is 0 Å². The number of fused-ring (bicyclic) bond motifs is 1. The second-order valence-corrected chi connectivity index (χ2v) is 7.63. The molecule has 0 aliphatic carbocycles. The zero-order chi connectivity index (χ0) is 20.4. The van der Waals surface area contributed by atoms with Crippen molar-refractivity contribution in [3.05, 3.63) is 54.1 Å². The Kier molecular flexibility index (Phi) is 5.96. The van der Waals surface area contributed by atoms with Crippen molar-refractivity contribution in [3.8, 4) is 0 Å². The molecule has 0 amide bonds. The summed E-state index contributed by atoms with van der Waals surface area (Å²) in [4.78, 5) is 12.2. The van der Waals surface area contributed by atoms with Crippen LogP contribution in [0.25, 0.3) is 16.3 Å². The number of carbonyl (C=O) groups is 1. The quantitative estimate of drug-likeness (QED) is 0.541. The Morgan fingerprint density at radius 1 is 1.22 bits per heavy atom. The maximum atomic E-state index is 13.1. The Labute approximate surface area is 154 Å². The number of ether oxygens (including phenoxy) is 1. The lowest BCUT2D eigenvalue weighted by Gasteiger charge is -2.20. The number of alkyl halides is 3. The molecule has 9 heteroatoms. The molecule has 0 saturated carbocycles. The van der Waals surface area contributed by atoms with Gasteiger partial charge < -0.3 is 4.74 Å². The third-order valence-electron chi connectivity index (χ3n) is 3.80. The smallest absolute Gasteiger partial charge is 0.426 e. The topological polar surface area (TPSA) is 69.7 Å². The predicted molar refractivity (Wildman–Crippen MR) is 94.7 cm³/mol. The molecular weight excluding hydrogens is 385 g/mol. The maximum absolute atomic E-state index is 13.1. The van der Waals surface area contributed by atoms with E-state index >= 15 is 0 Å². The van der Waals surface area contributed by atoms with Gasteiger partial charge in [-0.25, -0.2) is 4.79 Å². The van der Waals surface area contributed by atoms with Crippen LogP contribution in [-0.4, -0.2) is 39.5 Å². The van der Waals surface area contributed by atoms with Gasteiger partial charge in [-0.3, -0.25) is 4.18 Å². The van der Waals surface area contributed by atoms with Gasteiger partial charge in [0.15, 0.2) is 0 Å². The summed E-state index contributed by atoms with van der Waals surface area (Å²) in [5, 5.41) is 1.38. The van der Waals surface area contributed by atoms with Gasteiger partial charge in [-0.15, -0.1) is 0 Å². The second kappa shape index (κ2) is 7.69. The Bertz CT molecular complexity index is 980. The van der Waals surface area contributed by atoms with E-state index in [-0.39, 0.29) is 5.56 Å². The minimum absolute atomic E-state index is 0.134. The number of esters is 1. The van der Waals surface area contributed by atoms with Crippen LogP contribution in [0, 0.1) is 0 Å². The Morgan fingerprint density at radius 2 is 1.89 bits per heavy atom. The zero-order valence-corrected chi connectivity index (χ0v) is 15.4. The number of rotatable bonds is 6. The molecule has 2 rings (SSSR count). The Balaban J connectivity index is 2.34. The van der Waals surface area contributed by atoms with Gasteiger partial charge in [0, 0.05) is 0 Å². The minimum Gasteiger partial charge on any atom is -0.448 e. The summed E-state index contributed by atoms with van der Waals surface area (Å²) < 4.78 is 70.3. The van der Waals surface area contributed by atoms with Crippen LogP contribution in [0.15, 0.2) is 43.0 Å². The number of hydrogen-bond donors (Lipinski definition) is 0. The molecule has 0 aromatic heterocycles. The summed E-state index contributed by atoms with van der Waals surface area (Å²) in [5.74, 6) is -2.81. The van der Waals surface area contributed by atoms with Crippen LogP contribution in [-0.2, 0) is 19.0 Å². The van der Waals surface area contributed by atoms with Crippen molar-refractivity contribution in [2.75, 3.05) is 12.9 Å². The third kappa shape index (κ3) is 5.08. The van der Waals surface area contributed by atoms with Crippen LogP contribution in [0.3, 0.4) is 0 Å². The van der Waals surface area contributed by atoms with Crippen molar-refractivity contribution in [2.45, 2.75) is 19.2 Å². The molecular formula is C18H17F3O5S. The van der Waals surface area contributed by atoms with Gasteiger partial charge in [-0.1, -0.05) is 36.4 Å². The highest BCUT2D eigenvalue weighted by atomic mass is 32.2.